The highest BCUT2D eigenvalue weighted by Gasteiger charge is 2.20. The van der Waals surface area contributed by atoms with Gasteiger partial charge in [-0.25, -0.2) is 13.1 Å². The first-order valence-corrected chi connectivity index (χ1v) is 10.4. The second-order valence-electron chi connectivity index (χ2n) is 6.64. The molecule has 3 rings (SSSR count). The summed E-state index contributed by atoms with van der Waals surface area (Å²) in [6, 6.07) is 7.08. The summed E-state index contributed by atoms with van der Waals surface area (Å²) >= 11 is 0. The first-order chi connectivity index (χ1) is 11.9. The van der Waals surface area contributed by atoms with Crippen LogP contribution in [-0.2, 0) is 10.0 Å². The van der Waals surface area contributed by atoms with E-state index in [2.05, 4.69) is 10.0 Å². The number of hydrogen-bond acceptors (Lipinski definition) is 4. The van der Waals surface area contributed by atoms with E-state index in [4.69, 9.17) is 4.42 Å². The maximum absolute atomic E-state index is 12.2. The van der Waals surface area contributed by atoms with Crippen molar-refractivity contribution in [1.82, 2.24) is 10.0 Å². The van der Waals surface area contributed by atoms with Gasteiger partial charge in [-0.15, -0.1) is 0 Å². The van der Waals surface area contributed by atoms with Gasteiger partial charge in [-0.2, -0.15) is 0 Å². The first kappa shape index (κ1) is 17.9. The fourth-order valence-corrected chi connectivity index (χ4v) is 4.48. The van der Waals surface area contributed by atoms with Crippen molar-refractivity contribution < 1.29 is 17.6 Å². The van der Waals surface area contributed by atoms with E-state index in [1.54, 1.807) is 18.2 Å². The quantitative estimate of drug-likeness (QED) is 0.825. The molecule has 0 spiro atoms. The number of nitrogens with one attached hydrogen (secondary N) is 2. The summed E-state index contributed by atoms with van der Waals surface area (Å²) in [4.78, 5) is 12.2. The van der Waals surface area contributed by atoms with E-state index in [1.165, 1.54) is 6.42 Å². The predicted octanol–water partition coefficient (Wildman–Crippen LogP) is 2.72. The highest BCUT2D eigenvalue weighted by atomic mass is 32.2. The van der Waals surface area contributed by atoms with Gasteiger partial charge < -0.3 is 9.73 Å². The van der Waals surface area contributed by atoms with Gasteiger partial charge in [0.2, 0.25) is 10.0 Å². The molecule has 1 aromatic carbocycles. The Labute approximate surface area is 148 Å². The number of fused-ring (bicyclic) bond motifs is 1. The van der Waals surface area contributed by atoms with E-state index in [0.29, 0.717) is 5.56 Å². The van der Waals surface area contributed by atoms with Gasteiger partial charge in [-0.05, 0) is 44.0 Å². The van der Waals surface area contributed by atoms with Gasteiger partial charge in [0.1, 0.15) is 11.3 Å². The van der Waals surface area contributed by atoms with Crippen LogP contribution >= 0.6 is 0 Å². The van der Waals surface area contributed by atoms with Crippen molar-refractivity contribution in [3.8, 4) is 0 Å². The van der Waals surface area contributed by atoms with Crippen LogP contribution in [0.15, 0.2) is 28.7 Å². The van der Waals surface area contributed by atoms with Crippen molar-refractivity contribution in [3.05, 3.63) is 35.6 Å². The van der Waals surface area contributed by atoms with Crippen molar-refractivity contribution >= 4 is 26.9 Å². The molecule has 2 aromatic rings. The average Bonchev–Trinajstić information content (AvgIpc) is 2.94. The van der Waals surface area contributed by atoms with E-state index >= 15 is 0 Å². The highest BCUT2D eigenvalue weighted by molar-refractivity contribution is 7.89. The molecule has 2 N–H and O–H groups in total. The molecule has 0 unspecified atom stereocenters. The number of benzene rings is 1. The Morgan fingerprint density at radius 1 is 1.20 bits per heavy atom. The van der Waals surface area contributed by atoms with Crippen LogP contribution in [-0.4, -0.2) is 32.7 Å². The Balaban J connectivity index is 1.52. The average molecular weight is 364 g/mol. The van der Waals surface area contributed by atoms with Crippen LogP contribution in [0.3, 0.4) is 0 Å². The summed E-state index contributed by atoms with van der Waals surface area (Å²) in [6.45, 7) is 1.94. The fraction of sp³-hybridized carbons (Fsp3) is 0.500. The molecular weight excluding hydrogens is 340 g/mol. The topological polar surface area (TPSA) is 88.4 Å². The van der Waals surface area contributed by atoms with Crippen LogP contribution in [0.5, 0.6) is 0 Å². The summed E-state index contributed by atoms with van der Waals surface area (Å²) in [6.07, 6.45) is 5.11. The van der Waals surface area contributed by atoms with E-state index < -0.39 is 10.0 Å². The Morgan fingerprint density at radius 3 is 2.72 bits per heavy atom. The summed E-state index contributed by atoms with van der Waals surface area (Å²) in [5.41, 5.74) is 1.22. The largest absolute Gasteiger partial charge is 0.461 e. The maximum atomic E-state index is 12.2. The molecule has 1 amide bonds. The summed E-state index contributed by atoms with van der Waals surface area (Å²) in [5, 5.41) is 3.53. The lowest BCUT2D eigenvalue weighted by atomic mass is 9.96. The Kier molecular flexibility index (Phi) is 5.44. The Bertz CT molecular complexity index is 851. The standard InChI is InChI=1S/C18H24N2O4S/c1-13-11-15-12-14(7-8-17(15)24-13)18(21)19-9-10-25(22,23)20-16-5-3-2-4-6-16/h7-8,11-12,16,20H,2-6,9-10H2,1H3,(H,19,21). The molecule has 0 bridgehead atoms. The van der Waals surface area contributed by atoms with Crippen molar-refractivity contribution in [2.24, 2.45) is 0 Å². The lowest BCUT2D eigenvalue weighted by Crippen LogP contribution is -2.40. The summed E-state index contributed by atoms with van der Waals surface area (Å²) < 4.78 is 32.5. The second-order valence-corrected chi connectivity index (χ2v) is 8.51. The van der Waals surface area contributed by atoms with Gasteiger partial charge in [-0.3, -0.25) is 4.79 Å². The monoisotopic (exact) mass is 364 g/mol. The third-order valence-corrected chi connectivity index (χ3v) is 5.94. The second kappa shape index (κ2) is 7.58. The molecule has 1 aliphatic carbocycles. The summed E-state index contributed by atoms with van der Waals surface area (Å²) in [5.74, 6) is 0.392. The van der Waals surface area contributed by atoms with E-state index in [9.17, 15) is 13.2 Å². The predicted molar refractivity (Wildman–Crippen MR) is 97.1 cm³/mol. The number of rotatable bonds is 6. The molecule has 1 fully saturated rings. The van der Waals surface area contributed by atoms with Crippen molar-refractivity contribution in [1.29, 1.82) is 0 Å². The van der Waals surface area contributed by atoms with E-state index in [0.717, 1.165) is 42.4 Å². The van der Waals surface area contributed by atoms with Crippen LogP contribution in [0, 0.1) is 6.92 Å². The molecule has 1 aliphatic rings. The molecule has 1 saturated carbocycles. The number of hydrogen-bond donors (Lipinski definition) is 2. The highest BCUT2D eigenvalue weighted by Crippen LogP contribution is 2.20. The normalized spacial score (nSPS) is 16.2. The smallest absolute Gasteiger partial charge is 0.251 e. The van der Waals surface area contributed by atoms with Gasteiger partial charge in [0, 0.05) is 23.5 Å². The lowest BCUT2D eigenvalue weighted by molar-refractivity contribution is 0.0956. The third kappa shape index (κ3) is 4.83. The van der Waals surface area contributed by atoms with Crippen LogP contribution in [0.2, 0.25) is 0 Å². The number of carbonyl (C=O) groups is 1. The molecule has 1 heterocycles. The van der Waals surface area contributed by atoms with Crippen molar-refractivity contribution in [2.75, 3.05) is 12.3 Å². The first-order valence-electron chi connectivity index (χ1n) is 8.71. The minimum atomic E-state index is -3.37. The summed E-state index contributed by atoms with van der Waals surface area (Å²) in [7, 11) is -3.37. The molecule has 7 heteroatoms. The molecule has 1 aromatic heterocycles. The number of aryl methyl sites for hydroxylation is 1. The Hall–Kier alpha value is -1.86. The van der Waals surface area contributed by atoms with Gasteiger partial charge >= 0.3 is 0 Å². The molecular formula is C18H24N2O4S. The fourth-order valence-electron chi connectivity index (χ4n) is 3.25. The van der Waals surface area contributed by atoms with Crippen molar-refractivity contribution in [2.45, 2.75) is 45.1 Å². The third-order valence-electron chi connectivity index (χ3n) is 4.51. The molecule has 6 nitrogen and oxygen atoms in total. The van der Waals surface area contributed by atoms with Gasteiger partial charge in [-0.1, -0.05) is 19.3 Å². The minimum Gasteiger partial charge on any atom is -0.461 e. The molecule has 0 atom stereocenters. The maximum Gasteiger partial charge on any atom is 0.251 e. The molecule has 25 heavy (non-hydrogen) atoms. The molecule has 0 radical (unpaired) electrons. The zero-order valence-corrected chi connectivity index (χ0v) is 15.2. The SMILES string of the molecule is Cc1cc2cc(C(=O)NCCS(=O)(=O)NC3CCCCC3)ccc2o1. The van der Waals surface area contributed by atoms with Gasteiger partial charge in [0.15, 0.2) is 0 Å². The number of sulfonamides is 1. The zero-order valence-electron chi connectivity index (χ0n) is 14.4. The van der Waals surface area contributed by atoms with Crippen LogP contribution in [0.4, 0.5) is 0 Å². The van der Waals surface area contributed by atoms with E-state index in [1.807, 2.05) is 13.0 Å². The lowest BCUT2D eigenvalue weighted by Gasteiger charge is -2.22. The van der Waals surface area contributed by atoms with Crippen LogP contribution in [0.25, 0.3) is 11.0 Å². The van der Waals surface area contributed by atoms with Crippen LogP contribution in [0.1, 0.15) is 48.2 Å². The number of carbonyl (C=O) groups excluding carboxylic acids is 1. The number of amides is 1. The van der Waals surface area contributed by atoms with Gasteiger partial charge in [0.25, 0.3) is 5.91 Å². The van der Waals surface area contributed by atoms with Crippen LogP contribution < -0.4 is 10.0 Å². The Morgan fingerprint density at radius 2 is 1.96 bits per heavy atom. The minimum absolute atomic E-state index is 0.0428. The van der Waals surface area contributed by atoms with E-state index in [-0.39, 0.29) is 24.2 Å². The van der Waals surface area contributed by atoms with Gasteiger partial charge in [0.05, 0.1) is 5.75 Å². The molecule has 0 aliphatic heterocycles. The molecule has 0 saturated heterocycles. The number of furan rings is 1. The van der Waals surface area contributed by atoms with Crippen molar-refractivity contribution in [3.63, 3.8) is 0 Å². The molecule has 136 valence electrons. The zero-order chi connectivity index (χ0) is 17.9.